The number of ketones is 1. The van der Waals surface area contributed by atoms with Crippen LogP contribution in [-0.2, 0) is 0 Å². The van der Waals surface area contributed by atoms with Gasteiger partial charge in [0, 0.05) is 23.0 Å². The first kappa shape index (κ1) is 15.8. The number of hydrogen-bond acceptors (Lipinski definition) is 5. The van der Waals surface area contributed by atoms with E-state index in [1.165, 1.54) is 6.33 Å². The molecule has 0 fully saturated rings. The van der Waals surface area contributed by atoms with E-state index in [-0.39, 0.29) is 5.78 Å². The van der Waals surface area contributed by atoms with Crippen LogP contribution in [-0.4, -0.2) is 30.7 Å². The second kappa shape index (κ2) is 6.29. The molecule has 0 amide bonds. The van der Waals surface area contributed by atoms with Crippen molar-refractivity contribution in [2.45, 2.75) is 6.92 Å². The Morgan fingerprint density at radius 3 is 2.81 bits per heavy atom. The topological polar surface area (TPSA) is 102 Å². The highest BCUT2D eigenvalue weighted by molar-refractivity contribution is 6.09. The van der Waals surface area contributed by atoms with Crippen molar-refractivity contribution in [2.24, 2.45) is 0 Å². The number of hydrogen-bond donors (Lipinski definition) is 2. The molecule has 0 aliphatic rings. The van der Waals surface area contributed by atoms with Crippen LogP contribution in [0.3, 0.4) is 0 Å². The number of nitrogen functional groups attached to an aromatic ring is 1. The number of nitrogens with zero attached hydrogens (tertiary/aromatic N) is 4. The summed E-state index contributed by atoms with van der Waals surface area (Å²) >= 11 is 0. The van der Waals surface area contributed by atoms with E-state index < -0.39 is 0 Å². The number of anilines is 1. The minimum absolute atomic E-state index is 0.118. The molecule has 26 heavy (non-hydrogen) atoms. The van der Waals surface area contributed by atoms with Crippen LogP contribution >= 0.6 is 0 Å². The molecule has 2 heterocycles. The van der Waals surface area contributed by atoms with Gasteiger partial charge < -0.3 is 10.7 Å². The van der Waals surface area contributed by atoms with E-state index in [1.807, 2.05) is 25.1 Å². The van der Waals surface area contributed by atoms with Gasteiger partial charge in [-0.2, -0.15) is 5.10 Å². The van der Waals surface area contributed by atoms with Gasteiger partial charge in [0.15, 0.2) is 11.6 Å². The van der Waals surface area contributed by atoms with Gasteiger partial charge in [0.25, 0.3) is 0 Å². The highest BCUT2D eigenvalue weighted by Gasteiger charge is 2.14. The standard InChI is InChI=1S/C19H16N6O/c1-12-5-6-14(19-21-11-22-24-19)8-17(12)25-10-15(9-23-25)18(26)13-3-2-4-16(20)7-13/h2-11H,20H2,1H3,(H,21,22,24). The average molecular weight is 344 g/mol. The van der Waals surface area contributed by atoms with Crippen molar-refractivity contribution in [2.75, 3.05) is 5.73 Å². The molecule has 0 unspecified atom stereocenters. The van der Waals surface area contributed by atoms with E-state index in [9.17, 15) is 4.79 Å². The van der Waals surface area contributed by atoms with Gasteiger partial charge in [0.05, 0.1) is 17.4 Å². The molecule has 4 aromatic rings. The maximum absolute atomic E-state index is 12.6. The number of aromatic amines is 1. The predicted octanol–water partition coefficient (Wildman–Crippen LogP) is 2.78. The van der Waals surface area contributed by atoms with Crippen molar-refractivity contribution >= 4 is 11.5 Å². The number of H-pyrrole nitrogens is 1. The Hall–Kier alpha value is -3.74. The molecule has 2 aromatic carbocycles. The highest BCUT2D eigenvalue weighted by atomic mass is 16.1. The Morgan fingerprint density at radius 1 is 1.15 bits per heavy atom. The molecule has 3 N–H and O–H groups in total. The number of carbonyl (C=O) groups is 1. The van der Waals surface area contributed by atoms with Gasteiger partial charge in [-0.3, -0.25) is 4.79 Å². The molecule has 0 radical (unpaired) electrons. The number of aromatic nitrogens is 5. The summed E-state index contributed by atoms with van der Waals surface area (Å²) in [6, 6.07) is 12.8. The number of carbonyl (C=O) groups excluding carboxylic acids is 1. The molecule has 0 spiro atoms. The molecule has 0 aliphatic heterocycles. The van der Waals surface area contributed by atoms with Crippen molar-refractivity contribution in [1.29, 1.82) is 0 Å². The van der Waals surface area contributed by atoms with Crippen LogP contribution in [0.5, 0.6) is 0 Å². The third kappa shape index (κ3) is 2.86. The van der Waals surface area contributed by atoms with E-state index in [0.717, 1.165) is 16.8 Å². The number of nitrogens with one attached hydrogen (secondary N) is 1. The SMILES string of the molecule is Cc1ccc(-c2nnc[nH]2)cc1-n1cc(C(=O)c2cccc(N)c2)cn1. The van der Waals surface area contributed by atoms with Crippen molar-refractivity contribution in [1.82, 2.24) is 25.0 Å². The lowest BCUT2D eigenvalue weighted by Crippen LogP contribution is -2.01. The minimum atomic E-state index is -0.118. The third-order valence-electron chi connectivity index (χ3n) is 4.14. The van der Waals surface area contributed by atoms with Crippen molar-refractivity contribution in [3.63, 3.8) is 0 Å². The van der Waals surface area contributed by atoms with Gasteiger partial charge in [-0.15, -0.1) is 10.2 Å². The fraction of sp³-hybridized carbons (Fsp3) is 0.0526. The van der Waals surface area contributed by atoms with E-state index >= 15 is 0 Å². The maximum Gasteiger partial charge on any atom is 0.196 e. The summed E-state index contributed by atoms with van der Waals surface area (Å²) < 4.78 is 1.69. The van der Waals surface area contributed by atoms with Crippen LogP contribution in [0.1, 0.15) is 21.5 Å². The largest absolute Gasteiger partial charge is 0.399 e. The zero-order valence-electron chi connectivity index (χ0n) is 14.0. The Kier molecular flexibility index (Phi) is 3.81. The molecule has 128 valence electrons. The summed E-state index contributed by atoms with van der Waals surface area (Å²) in [6.45, 7) is 1.99. The van der Waals surface area contributed by atoms with Gasteiger partial charge in [-0.1, -0.05) is 24.3 Å². The first-order chi connectivity index (χ1) is 12.6. The number of rotatable bonds is 4. The zero-order valence-corrected chi connectivity index (χ0v) is 14.0. The van der Waals surface area contributed by atoms with Gasteiger partial charge in [0.1, 0.15) is 6.33 Å². The quantitative estimate of drug-likeness (QED) is 0.438. The maximum atomic E-state index is 12.6. The lowest BCUT2D eigenvalue weighted by molar-refractivity contribution is 0.103. The van der Waals surface area contributed by atoms with Crippen LogP contribution < -0.4 is 5.73 Å². The predicted molar refractivity (Wildman–Crippen MR) is 98.0 cm³/mol. The minimum Gasteiger partial charge on any atom is -0.399 e. The van der Waals surface area contributed by atoms with Crippen molar-refractivity contribution < 1.29 is 4.79 Å². The Balaban J connectivity index is 1.70. The van der Waals surface area contributed by atoms with E-state index in [2.05, 4.69) is 20.3 Å². The Labute approximate surface area is 149 Å². The lowest BCUT2D eigenvalue weighted by atomic mass is 10.1. The van der Waals surface area contributed by atoms with E-state index in [1.54, 1.807) is 41.3 Å². The van der Waals surface area contributed by atoms with Gasteiger partial charge in [-0.25, -0.2) is 4.68 Å². The molecule has 0 saturated heterocycles. The molecule has 0 saturated carbocycles. The third-order valence-corrected chi connectivity index (χ3v) is 4.14. The zero-order chi connectivity index (χ0) is 18.1. The fourth-order valence-electron chi connectivity index (χ4n) is 2.77. The summed E-state index contributed by atoms with van der Waals surface area (Å²) in [4.78, 5) is 15.6. The molecule has 0 aliphatic carbocycles. The first-order valence-electron chi connectivity index (χ1n) is 8.04. The van der Waals surface area contributed by atoms with Crippen LogP contribution in [0.2, 0.25) is 0 Å². The molecule has 4 rings (SSSR count). The summed E-state index contributed by atoms with van der Waals surface area (Å²) in [5, 5.41) is 12.2. The Morgan fingerprint density at radius 2 is 2.04 bits per heavy atom. The Bertz CT molecular complexity index is 1080. The van der Waals surface area contributed by atoms with E-state index in [4.69, 9.17) is 5.73 Å². The summed E-state index contributed by atoms with van der Waals surface area (Å²) in [5.41, 5.74) is 10.1. The number of aryl methyl sites for hydroxylation is 1. The lowest BCUT2D eigenvalue weighted by Gasteiger charge is -2.07. The second-order valence-electron chi connectivity index (χ2n) is 5.97. The monoisotopic (exact) mass is 344 g/mol. The van der Waals surface area contributed by atoms with Crippen LogP contribution in [0, 0.1) is 6.92 Å². The average Bonchev–Trinajstić information content (AvgIpc) is 3.33. The molecule has 7 nitrogen and oxygen atoms in total. The molecule has 7 heteroatoms. The van der Waals surface area contributed by atoms with Crippen molar-refractivity contribution in [3.05, 3.63) is 77.9 Å². The summed E-state index contributed by atoms with van der Waals surface area (Å²) in [6.07, 6.45) is 4.81. The van der Waals surface area contributed by atoms with Gasteiger partial charge in [0.2, 0.25) is 0 Å². The second-order valence-corrected chi connectivity index (χ2v) is 5.97. The molecular weight excluding hydrogens is 328 g/mol. The highest BCUT2D eigenvalue weighted by Crippen LogP contribution is 2.22. The van der Waals surface area contributed by atoms with Crippen LogP contribution in [0.4, 0.5) is 5.69 Å². The number of benzene rings is 2. The summed E-state index contributed by atoms with van der Waals surface area (Å²) in [7, 11) is 0. The normalized spacial score (nSPS) is 10.8. The fourth-order valence-corrected chi connectivity index (χ4v) is 2.77. The molecular formula is C19H16N6O. The van der Waals surface area contributed by atoms with Gasteiger partial charge >= 0.3 is 0 Å². The van der Waals surface area contributed by atoms with Crippen LogP contribution in [0.15, 0.2) is 61.2 Å². The summed E-state index contributed by atoms with van der Waals surface area (Å²) in [5.74, 6) is 0.557. The molecule has 0 bridgehead atoms. The van der Waals surface area contributed by atoms with Gasteiger partial charge in [-0.05, 0) is 30.7 Å². The molecule has 2 aromatic heterocycles. The smallest absolute Gasteiger partial charge is 0.196 e. The van der Waals surface area contributed by atoms with Crippen LogP contribution in [0.25, 0.3) is 17.1 Å². The first-order valence-corrected chi connectivity index (χ1v) is 8.04. The van der Waals surface area contributed by atoms with E-state index in [0.29, 0.717) is 22.6 Å². The molecule has 0 atom stereocenters. The number of nitrogens with two attached hydrogens (primary N) is 1. The van der Waals surface area contributed by atoms with Crippen molar-refractivity contribution in [3.8, 4) is 17.1 Å².